The molecule has 100 valence electrons. The second-order valence-electron chi connectivity index (χ2n) is 3.61. The van der Waals surface area contributed by atoms with Gasteiger partial charge in [-0.05, 0) is 6.07 Å². The molecular formula is C11H8F3N3OS. The van der Waals surface area contributed by atoms with E-state index in [2.05, 4.69) is 10.3 Å². The van der Waals surface area contributed by atoms with E-state index in [0.717, 1.165) is 17.4 Å². The van der Waals surface area contributed by atoms with Gasteiger partial charge in [0.25, 0.3) is 5.91 Å². The number of aromatic nitrogens is 1. The molecule has 0 atom stereocenters. The van der Waals surface area contributed by atoms with Crippen LogP contribution in [0.15, 0.2) is 18.3 Å². The van der Waals surface area contributed by atoms with Crippen LogP contribution in [0.2, 0.25) is 0 Å². The van der Waals surface area contributed by atoms with E-state index in [0.29, 0.717) is 6.07 Å². The van der Waals surface area contributed by atoms with Crippen molar-refractivity contribution in [2.45, 2.75) is 6.54 Å². The molecule has 4 nitrogen and oxygen atoms in total. The zero-order valence-corrected chi connectivity index (χ0v) is 10.2. The van der Waals surface area contributed by atoms with E-state index < -0.39 is 23.4 Å². The zero-order chi connectivity index (χ0) is 14.0. The Morgan fingerprint density at radius 2 is 2.11 bits per heavy atom. The van der Waals surface area contributed by atoms with E-state index in [9.17, 15) is 18.0 Å². The number of nitrogens with two attached hydrogens (primary N) is 1. The summed E-state index contributed by atoms with van der Waals surface area (Å²) in [5, 5.41) is 2.54. The maximum absolute atomic E-state index is 13.3. The first kappa shape index (κ1) is 13.3. The lowest BCUT2D eigenvalue weighted by molar-refractivity contribution is 0.0954. The molecule has 0 aliphatic heterocycles. The number of halogens is 3. The number of carbonyl (C=O) groups is 1. The van der Waals surface area contributed by atoms with Crippen molar-refractivity contribution in [1.29, 1.82) is 0 Å². The highest BCUT2D eigenvalue weighted by atomic mass is 32.1. The summed E-state index contributed by atoms with van der Waals surface area (Å²) in [7, 11) is 0. The summed E-state index contributed by atoms with van der Waals surface area (Å²) < 4.78 is 39.2. The zero-order valence-electron chi connectivity index (χ0n) is 9.41. The molecule has 0 aliphatic rings. The fourth-order valence-electron chi connectivity index (χ4n) is 1.39. The average molecular weight is 287 g/mol. The molecule has 1 aromatic heterocycles. The van der Waals surface area contributed by atoms with Gasteiger partial charge in [-0.2, -0.15) is 0 Å². The number of thiazole rings is 1. The predicted octanol–water partition coefficient (Wildman–Crippen LogP) is 2.07. The Bertz CT molecular complexity index is 630. The van der Waals surface area contributed by atoms with Crippen molar-refractivity contribution < 1.29 is 18.0 Å². The van der Waals surface area contributed by atoms with Crippen LogP contribution in [0.4, 0.5) is 18.3 Å². The lowest BCUT2D eigenvalue weighted by Crippen LogP contribution is -2.22. The van der Waals surface area contributed by atoms with E-state index in [-0.39, 0.29) is 22.1 Å². The smallest absolute Gasteiger partial charge is 0.263 e. The largest absolute Gasteiger partial charge is 0.375 e. The van der Waals surface area contributed by atoms with E-state index >= 15 is 0 Å². The summed E-state index contributed by atoms with van der Waals surface area (Å²) in [6.07, 6.45) is 1.26. The van der Waals surface area contributed by atoms with Gasteiger partial charge in [-0.3, -0.25) is 4.79 Å². The molecule has 1 amide bonds. The summed E-state index contributed by atoms with van der Waals surface area (Å²) in [5.41, 5.74) is 5.08. The number of carbonyl (C=O) groups excluding carboxylic acids is 1. The van der Waals surface area contributed by atoms with Crippen molar-refractivity contribution in [3.63, 3.8) is 0 Å². The Labute approximate surface area is 110 Å². The van der Waals surface area contributed by atoms with Gasteiger partial charge >= 0.3 is 0 Å². The highest BCUT2D eigenvalue weighted by Crippen LogP contribution is 2.16. The number of rotatable bonds is 3. The van der Waals surface area contributed by atoms with Crippen molar-refractivity contribution >= 4 is 22.4 Å². The maximum atomic E-state index is 13.3. The first-order chi connectivity index (χ1) is 8.97. The number of anilines is 1. The van der Waals surface area contributed by atoms with E-state index in [1.54, 1.807) is 0 Å². The molecule has 0 saturated heterocycles. The molecule has 19 heavy (non-hydrogen) atoms. The van der Waals surface area contributed by atoms with Gasteiger partial charge in [-0.1, -0.05) is 11.3 Å². The minimum absolute atomic E-state index is 0.216. The normalized spacial score (nSPS) is 10.5. The van der Waals surface area contributed by atoms with Crippen LogP contribution in [0.5, 0.6) is 0 Å². The number of hydrogen-bond donors (Lipinski definition) is 2. The van der Waals surface area contributed by atoms with Gasteiger partial charge in [0, 0.05) is 18.2 Å². The lowest BCUT2D eigenvalue weighted by Gasteiger charge is -2.06. The molecule has 0 unspecified atom stereocenters. The molecule has 1 aromatic carbocycles. The molecule has 1 heterocycles. The second-order valence-corrected chi connectivity index (χ2v) is 4.67. The third-order valence-corrected chi connectivity index (χ3v) is 3.08. The van der Waals surface area contributed by atoms with Crippen LogP contribution in [0.3, 0.4) is 0 Å². The summed E-state index contributed by atoms with van der Waals surface area (Å²) in [6.45, 7) is -0.336. The van der Waals surface area contributed by atoms with E-state index in [1.165, 1.54) is 6.20 Å². The number of hydrogen-bond acceptors (Lipinski definition) is 4. The van der Waals surface area contributed by atoms with Crippen LogP contribution in [0.1, 0.15) is 15.2 Å². The number of nitrogens with one attached hydrogen (secondary N) is 1. The van der Waals surface area contributed by atoms with Crippen LogP contribution in [0, 0.1) is 17.5 Å². The minimum atomic E-state index is -1.30. The monoisotopic (exact) mass is 287 g/mol. The molecule has 2 rings (SSSR count). The molecular weight excluding hydrogens is 279 g/mol. The molecule has 0 fully saturated rings. The summed E-state index contributed by atoms with van der Waals surface area (Å²) >= 11 is 0.954. The topological polar surface area (TPSA) is 68.0 Å². The molecule has 3 N–H and O–H groups in total. The molecule has 0 aliphatic carbocycles. The van der Waals surface area contributed by atoms with Crippen molar-refractivity contribution in [2.75, 3.05) is 5.73 Å². The van der Waals surface area contributed by atoms with Crippen LogP contribution in [-0.2, 0) is 6.54 Å². The van der Waals surface area contributed by atoms with E-state index in [1.807, 2.05) is 0 Å². The molecule has 8 heteroatoms. The molecule has 0 spiro atoms. The minimum Gasteiger partial charge on any atom is -0.375 e. The van der Waals surface area contributed by atoms with Gasteiger partial charge in [0.05, 0.1) is 6.20 Å². The van der Waals surface area contributed by atoms with Gasteiger partial charge in [-0.15, -0.1) is 0 Å². The van der Waals surface area contributed by atoms with Crippen LogP contribution >= 0.6 is 11.3 Å². The Morgan fingerprint density at radius 3 is 2.74 bits per heavy atom. The lowest BCUT2D eigenvalue weighted by atomic mass is 10.2. The Kier molecular flexibility index (Phi) is 3.70. The quantitative estimate of drug-likeness (QED) is 0.849. The van der Waals surface area contributed by atoms with E-state index in [4.69, 9.17) is 5.73 Å². The van der Waals surface area contributed by atoms with Crippen LogP contribution < -0.4 is 11.1 Å². The number of nitrogen functional groups attached to an aromatic ring is 1. The van der Waals surface area contributed by atoms with Crippen LogP contribution in [0.25, 0.3) is 0 Å². The van der Waals surface area contributed by atoms with Crippen LogP contribution in [-0.4, -0.2) is 10.9 Å². The number of nitrogens with zero attached hydrogens (tertiary/aromatic N) is 1. The fourth-order valence-corrected chi connectivity index (χ4v) is 1.99. The summed E-state index contributed by atoms with van der Waals surface area (Å²) in [5.74, 6) is -3.94. The average Bonchev–Trinajstić information content (AvgIpc) is 2.78. The SMILES string of the molecule is Nc1ncc(C(=O)NCc2cc(F)cc(F)c2F)s1. The van der Waals surface area contributed by atoms with Gasteiger partial charge in [0.2, 0.25) is 0 Å². The standard InChI is InChI=1S/C11H8F3N3OS/c12-6-1-5(9(14)7(13)2-6)3-16-10(18)8-4-17-11(15)19-8/h1-2,4H,3H2,(H2,15,17)(H,16,18). The molecule has 0 saturated carbocycles. The maximum Gasteiger partial charge on any atom is 0.263 e. The first-order valence-corrected chi connectivity index (χ1v) is 5.92. The number of benzene rings is 1. The molecule has 2 aromatic rings. The van der Waals surface area contributed by atoms with Crippen molar-refractivity contribution in [1.82, 2.24) is 10.3 Å². The number of amides is 1. The highest BCUT2D eigenvalue weighted by Gasteiger charge is 2.13. The predicted molar refractivity (Wildman–Crippen MR) is 64.0 cm³/mol. The van der Waals surface area contributed by atoms with Gasteiger partial charge in [0.1, 0.15) is 10.7 Å². The summed E-state index contributed by atoms with van der Waals surface area (Å²) in [6, 6.07) is 1.25. The Balaban J connectivity index is 2.09. The van der Waals surface area contributed by atoms with Gasteiger partial charge < -0.3 is 11.1 Å². The molecule has 0 radical (unpaired) electrons. The third kappa shape index (κ3) is 3.02. The second kappa shape index (κ2) is 5.27. The summed E-state index contributed by atoms with van der Waals surface area (Å²) in [4.78, 5) is 15.5. The van der Waals surface area contributed by atoms with Gasteiger partial charge in [0.15, 0.2) is 16.8 Å². The fraction of sp³-hybridized carbons (Fsp3) is 0.0909. The van der Waals surface area contributed by atoms with Crippen molar-refractivity contribution in [3.8, 4) is 0 Å². The Hall–Kier alpha value is -2.09. The van der Waals surface area contributed by atoms with Gasteiger partial charge in [-0.25, -0.2) is 18.2 Å². The molecule has 0 bridgehead atoms. The third-order valence-electron chi connectivity index (χ3n) is 2.26. The van der Waals surface area contributed by atoms with Crippen molar-refractivity contribution in [2.24, 2.45) is 0 Å². The Morgan fingerprint density at radius 1 is 1.37 bits per heavy atom. The van der Waals surface area contributed by atoms with Crippen molar-refractivity contribution in [3.05, 3.63) is 46.2 Å². The first-order valence-electron chi connectivity index (χ1n) is 5.10. The highest BCUT2D eigenvalue weighted by molar-refractivity contribution is 7.17.